The molecule has 0 heterocycles. The van der Waals surface area contributed by atoms with Crippen LogP contribution in [0.2, 0.25) is 5.02 Å². The van der Waals surface area contributed by atoms with Gasteiger partial charge in [-0.25, -0.2) is 0 Å². The summed E-state index contributed by atoms with van der Waals surface area (Å²) in [5.41, 5.74) is -0.0613. The van der Waals surface area contributed by atoms with Crippen LogP contribution in [0.5, 0.6) is 5.75 Å². The number of hydrogen-bond donors (Lipinski definition) is 0. The van der Waals surface area contributed by atoms with Crippen molar-refractivity contribution in [1.29, 1.82) is 0 Å². The van der Waals surface area contributed by atoms with Crippen LogP contribution >= 0.6 is 11.6 Å². The first-order chi connectivity index (χ1) is 9.88. The second-order valence-electron chi connectivity index (χ2n) is 4.22. The van der Waals surface area contributed by atoms with E-state index in [2.05, 4.69) is 0 Å². The van der Waals surface area contributed by atoms with Crippen LogP contribution in [0.25, 0.3) is 0 Å². The second kappa shape index (κ2) is 6.18. The van der Waals surface area contributed by atoms with Crippen molar-refractivity contribution in [2.24, 2.45) is 0 Å². The molecule has 1 unspecified atom stereocenters. The van der Waals surface area contributed by atoms with Gasteiger partial charge in [0.2, 0.25) is 5.78 Å². The molecule has 110 valence electrons. The molecule has 0 saturated heterocycles. The van der Waals surface area contributed by atoms with E-state index in [0.29, 0.717) is 5.02 Å². The van der Waals surface area contributed by atoms with Crippen LogP contribution in [-0.2, 0) is 0 Å². The first-order valence-corrected chi connectivity index (χ1v) is 6.34. The molecule has 0 aliphatic heterocycles. The fourth-order valence-electron chi connectivity index (χ4n) is 1.67. The summed E-state index contributed by atoms with van der Waals surface area (Å²) >= 11 is 5.65. The Kier molecular flexibility index (Phi) is 4.53. The number of rotatable bonds is 4. The average Bonchev–Trinajstić information content (AvgIpc) is 2.45. The highest BCUT2D eigenvalue weighted by Crippen LogP contribution is 2.28. The van der Waals surface area contributed by atoms with Crippen molar-refractivity contribution in [3.8, 4) is 5.75 Å². The van der Waals surface area contributed by atoms with Crippen molar-refractivity contribution in [2.75, 3.05) is 0 Å². The number of carbonyl (C=O) groups excluding carboxylic acids is 1. The third-order valence-corrected chi connectivity index (χ3v) is 2.91. The molecule has 0 saturated carbocycles. The highest BCUT2D eigenvalue weighted by atomic mass is 35.5. The molecule has 2 rings (SSSR count). The van der Waals surface area contributed by atoms with E-state index in [-0.39, 0.29) is 11.3 Å². The van der Waals surface area contributed by atoms with E-state index >= 15 is 0 Å². The van der Waals surface area contributed by atoms with E-state index in [1.807, 2.05) is 0 Å². The first kappa shape index (κ1) is 15.4. The zero-order valence-electron chi connectivity index (χ0n) is 10.6. The van der Waals surface area contributed by atoms with E-state index in [1.165, 1.54) is 48.5 Å². The van der Waals surface area contributed by atoms with Gasteiger partial charge < -0.3 is 4.74 Å². The number of carbonyl (C=O) groups is 1. The van der Waals surface area contributed by atoms with Gasteiger partial charge in [-0.3, -0.25) is 4.79 Å². The van der Waals surface area contributed by atoms with Gasteiger partial charge in [-0.15, -0.1) is 0 Å². The minimum Gasteiger partial charge on any atom is -0.473 e. The molecule has 0 spiro atoms. The van der Waals surface area contributed by atoms with Crippen molar-refractivity contribution < 1.29 is 22.7 Å². The zero-order valence-corrected chi connectivity index (χ0v) is 11.4. The van der Waals surface area contributed by atoms with Gasteiger partial charge in [-0.05, 0) is 24.3 Å². The summed E-state index contributed by atoms with van der Waals surface area (Å²) in [5.74, 6) is -1.22. The molecule has 0 fully saturated rings. The Bertz CT molecular complexity index is 609. The third-order valence-electron chi connectivity index (χ3n) is 2.66. The molecule has 0 amide bonds. The summed E-state index contributed by atoms with van der Waals surface area (Å²) in [5, 5.41) is 0.361. The van der Waals surface area contributed by atoms with Crippen LogP contribution in [0, 0.1) is 0 Å². The minimum absolute atomic E-state index is 0.0613. The minimum atomic E-state index is -4.81. The van der Waals surface area contributed by atoms with Crippen LogP contribution in [0.15, 0.2) is 54.6 Å². The molecule has 2 aromatic carbocycles. The average molecular weight is 315 g/mol. The summed E-state index contributed by atoms with van der Waals surface area (Å²) in [7, 11) is 0. The van der Waals surface area contributed by atoms with Crippen LogP contribution in [0.4, 0.5) is 13.2 Å². The number of halogens is 4. The summed E-state index contributed by atoms with van der Waals surface area (Å²) in [6.07, 6.45) is -7.37. The van der Waals surface area contributed by atoms with E-state index in [1.54, 1.807) is 6.07 Å². The Labute approximate surface area is 124 Å². The number of ether oxygens (including phenoxy) is 1. The molecule has 6 heteroatoms. The Hall–Kier alpha value is -2.01. The zero-order chi connectivity index (χ0) is 15.5. The van der Waals surface area contributed by atoms with Crippen molar-refractivity contribution in [3.05, 3.63) is 65.2 Å². The number of Topliss-reactive ketones (excluding diaryl/α,β-unsaturated/α-hetero) is 1. The maximum Gasteiger partial charge on any atom is 0.433 e. The molecule has 0 bridgehead atoms. The topological polar surface area (TPSA) is 26.3 Å². The Morgan fingerprint density at radius 3 is 2.10 bits per heavy atom. The van der Waals surface area contributed by atoms with E-state index in [9.17, 15) is 18.0 Å². The Morgan fingerprint density at radius 1 is 1.00 bits per heavy atom. The molecule has 2 aromatic rings. The quantitative estimate of drug-likeness (QED) is 0.775. The largest absolute Gasteiger partial charge is 0.473 e. The monoisotopic (exact) mass is 314 g/mol. The maximum absolute atomic E-state index is 13.0. The van der Waals surface area contributed by atoms with Crippen LogP contribution < -0.4 is 4.74 Å². The number of benzene rings is 2. The van der Waals surface area contributed by atoms with Gasteiger partial charge in [0.05, 0.1) is 0 Å². The molecular weight excluding hydrogens is 305 g/mol. The fraction of sp³-hybridized carbons (Fsp3) is 0.133. The molecule has 0 N–H and O–H groups in total. The standard InChI is InChI=1S/C15H10ClF3O2/c16-11-6-8-12(9-7-11)21-14(15(17,18)19)13(20)10-4-2-1-3-5-10/h1-9,14H. The molecule has 21 heavy (non-hydrogen) atoms. The van der Waals surface area contributed by atoms with E-state index in [4.69, 9.17) is 16.3 Å². The molecule has 2 nitrogen and oxygen atoms in total. The lowest BCUT2D eigenvalue weighted by Crippen LogP contribution is -2.41. The smallest absolute Gasteiger partial charge is 0.433 e. The summed E-state index contributed by atoms with van der Waals surface area (Å²) in [6.45, 7) is 0. The van der Waals surface area contributed by atoms with Gasteiger partial charge in [-0.1, -0.05) is 41.9 Å². The first-order valence-electron chi connectivity index (χ1n) is 5.96. The summed E-state index contributed by atoms with van der Waals surface area (Å²) < 4.78 is 44.0. The molecule has 0 aromatic heterocycles. The fourth-order valence-corrected chi connectivity index (χ4v) is 1.80. The van der Waals surface area contributed by atoms with Gasteiger partial charge in [0.1, 0.15) is 5.75 Å². The Balaban J connectivity index is 2.27. The van der Waals surface area contributed by atoms with Gasteiger partial charge in [0.25, 0.3) is 6.10 Å². The van der Waals surface area contributed by atoms with Gasteiger partial charge >= 0.3 is 6.18 Å². The molecule has 0 radical (unpaired) electrons. The maximum atomic E-state index is 13.0. The predicted octanol–water partition coefficient (Wildman–Crippen LogP) is 4.53. The highest BCUT2D eigenvalue weighted by molar-refractivity contribution is 6.30. The van der Waals surface area contributed by atoms with Crippen molar-refractivity contribution in [2.45, 2.75) is 12.3 Å². The summed E-state index contributed by atoms with van der Waals surface area (Å²) in [6, 6.07) is 12.5. The normalized spacial score (nSPS) is 12.8. The van der Waals surface area contributed by atoms with Gasteiger partial charge in [0, 0.05) is 10.6 Å². The van der Waals surface area contributed by atoms with Crippen LogP contribution in [-0.4, -0.2) is 18.1 Å². The van der Waals surface area contributed by atoms with Crippen LogP contribution in [0.3, 0.4) is 0 Å². The third kappa shape index (κ3) is 3.98. The van der Waals surface area contributed by atoms with Crippen LogP contribution in [0.1, 0.15) is 10.4 Å². The number of ketones is 1. The molecule has 0 aliphatic rings. The predicted molar refractivity (Wildman–Crippen MR) is 72.7 cm³/mol. The lowest BCUT2D eigenvalue weighted by molar-refractivity contribution is -0.179. The lowest BCUT2D eigenvalue weighted by atomic mass is 10.1. The van der Waals surface area contributed by atoms with Gasteiger partial charge in [-0.2, -0.15) is 13.2 Å². The van der Waals surface area contributed by atoms with Crippen molar-refractivity contribution in [1.82, 2.24) is 0 Å². The number of alkyl halides is 3. The lowest BCUT2D eigenvalue weighted by Gasteiger charge is -2.20. The SMILES string of the molecule is O=C(c1ccccc1)C(Oc1ccc(Cl)cc1)C(F)(F)F. The molecule has 1 atom stereocenters. The Morgan fingerprint density at radius 2 is 1.57 bits per heavy atom. The summed E-state index contributed by atoms with van der Waals surface area (Å²) in [4.78, 5) is 12.0. The number of hydrogen-bond acceptors (Lipinski definition) is 2. The van der Waals surface area contributed by atoms with E-state index in [0.717, 1.165) is 0 Å². The van der Waals surface area contributed by atoms with Gasteiger partial charge in [0.15, 0.2) is 0 Å². The highest BCUT2D eigenvalue weighted by Gasteiger charge is 2.47. The van der Waals surface area contributed by atoms with E-state index < -0.39 is 18.1 Å². The second-order valence-corrected chi connectivity index (χ2v) is 4.66. The van der Waals surface area contributed by atoms with Crippen molar-refractivity contribution in [3.63, 3.8) is 0 Å². The molecular formula is C15H10ClF3O2. The van der Waals surface area contributed by atoms with Crippen molar-refractivity contribution >= 4 is 17.4 Å². The molecule has 0 aliphatic carbocycles.